The predicted octanol–water partition coefficient (Wildman–Crippen LogP) is -0.240. The minimum Gasteiger partial charge on any atom is -0.368 e. The molecule has 0 spiro atoms. The molecule has 0 unspecified atom stereocenters. The summed E-state index contributed by atoms with van der Waals surface area (Å²) in [4.78, 5) is 2.03. The Morgan fingerprint density at radius 1 is 1.53 bits per heavy atom. The summed E-state index contributed by atoms with van der Waals surface area (Å²) in [6, 6.07) is 3.82. The van der Waals surface area contributed by atoms with Gasteiger partial charge in [-0.2, -0.15) is 10.5 Å². The first kappa shape index (κ1) is 11.4. The zero-order valence-corrected chi connectivity index (χ0v) is 8.88. The fourth-order valence-electron chi connectivity index (χ4n) is 1.52. The highest BCUT2D eigenvalue weighted by Crippen LogP contribution is 2.10. The Bertz CT molecular complexity index is 304. The van der Waals surface area contributed by atoms with Gasteiger partial charge >= 0.3 is 0 Å². The van der Waals surface area contributed by atoms with Gasteiger partial charge in [0, 0.05) is 26.2 Å². The monoisotopic (exact) mass is 205 g/mol. The number of nitrogens with one attached hydrogen (secondary N) is 2. The summed E-state index contributed by atoms with van der Waals surface area (Å²) in [7, 11) is 0. The lowest BCUT2D eigenvalue weighted by molar-refractivity contribution is 0.388. The second kappa shape index (κ2) is 5.90. The van der Waals surface area contributed by atoms with E-state index in [2.05, 4.69) is 17.6 Å². The van der Waals surface area contributed by atoms with Crippen molar-refractivity contribution in [2.45, 2.75) is 6.92 Å². The van der Waals surface area contributed by atoms with Crippen LogP contribution in [0.3, 0.4) is 0 Å². The minimum atomic E-state index is 0.170. The third-order valence-corrected chi connectivity index (χ3v) is 2.26. The third kappa shape index (κ3) is 2.87. The smallest absolute Gasteiger partial charge is 0.169 e. The molecular formula is C10H15N5. The summed E-state index contributed by atoms with van der Waals surface area (Å²) >= 11 is 0. The lowest BCUT2D eigenvalue weighted by Gasteiger charge is -2.18. The molecule has 1 saturated heterocycles. The fraction of sp³-hybridized carbons (Fsp3) is 0.600. The number of nitrogens with zero attached hydrogens (tertiary/aromatic N) is 3. The van der Waals surface area contributed by atoms with Gasteiger partial charge in [-0.05, 0) is 6.54 Å². The van der Waals surface area contributed by atoms with Crippen molar-refractivity contribution in [2.24, 2.45) is 0 Å². The van der Waals surface area contributed by atoms with Gasteiger partial charge in [-0.3, -0.25) is 0 Å². The average molecular weight is 205 g/mol. The van der Waals surface area contributed by atoms with Crippen LogP contribution in [0.2, 0.25) is 0 Å². The first-order valence-corrected chi connectivity index (χ1v) is 5.07. The maximum absolute atomic E-state index is 8.76. The van der Waals surface area contributed by atoms with E-state index in [-0.39, 0.29) is 5.57 Å². The van der Waals surface area contributed by atoms with Crippen molar-refractivity contribution in [1.29, 1.82) is 10.5 Å². The Balaban J connectivity index is 2.62. The molecule has 0 saturated carbocycles. The number of allylic oxidation sites excluding steroid dienone is 1. The van der Waals surface area contributed by atoms with E-state index in [1.54, 1.807) is 0 Å². The minimum absolute atomic E-state index is 0.170. The van der Waals surface area contributed by atoms with Crippen molar-refractivity contribution in [3.05, 3.63) is 11.4 Å². The molecule has 1 aliphatic heterocycles. The van der Waals surface area contributed by atoms with Gasteiger partial charge in [0.1, 0.15) is 18.0 Å². The van der Waals surface area contributed by atoms with Gasteiger partial charge in [0.2, 0.25) is 0 Å². The van der Waals surface area contributed by atoms with Crippen LogP contribution in [-0.4, -0.2) is 37.6 Å². The molecule has 5 nitrogen and oxygen atoms in total. The molecule has 1 rings (SSSR count). The molecule has 0 amide bonds. The van der Waals surface area contributed by atoms with Crippen molar-refractivity contribution in [2.75, 3.05) is 32.7 Å². The number of hydrogen-bond acceptors (Lipinski definition) is 5. The highest BCUT2D eigenvalue weighted by atomic mass is 15.3. The Kier molecular flexibility index (Phi) is 4.46. The van der Waals surface area contributed by atoms with E-state index in [9.17, 15) is 0 Å². The van der Waals surface area contributed by atoms with Crippen molar-refractivity contribution < 1.29 is 0 Å². The molecule has 0 radical (unpaired) electrons. The second-order valence-electron chi connectivity index (χ2n) is 3.21. The number of nitriles is 2. The van der Waals surface area contributed by atoms with E-state index in [0.29, 0.717) is 5.82 Å². The quantitative estimate of drug-likeness (QED) is 0.489. The maximum Gasteiger partial charge on any atom is 0.169 e. The SMILES string of the molecule is CCNCCN1CCNC1=C(C#N)C#N. The molecule has 1 fully saturated rings. The molecule has 1 aliphatic rings. The second-order valence-corrected chi connectivity index (χ2v) is 3.21. The Morgan fingerprint density at radius 3 is 2.87 bits per heavy atom. The van der Waals surface area contributed by atoms with Crippen LogP contribution in [0.15, 0.2) is 11.4 Å². The third-order valence-electron chi connectivity index (χ3n) is 2.26. The topological polar surface area (TPSA) is 74.9 Å². The van der Waals surface area contributed by atoms with E-state index in [1.807, 2.05) is 17.0 Å². The van der Waals surface area contributed by atoms with Gasteiger partial charge < -0.3 is 15.5 Å². The van der Waals surface area contributed by atoms with Crippen LogP contribution in [0, 0.1) is 22.7 Å². The van der Waals surface area contributed by atoms with Crippen molar-refractivity contribution in [3.63, 3.8) is 0 Å². The van der Waals surface area contributed by atoms with E-state index in [0.717, 1.165) is 32.7 Å². The summed E-state index contributed by atoms with van der Waals surface area (Å²) in [6.07, 6.45) is 0. The summed E-state index contributed by atoms with van der Waals surface area (Å²) in [5, 5.41) is 23.8. The zero-order valence-electron chi connectivity index (χ0n) is 8.88. The van der Waals surface area contributed by atoms with Crippen molar-refractivity contribution >= 4 is 0 Å². The van der Waals surface area contributed by atoms with Gasteiger partial charge in [-0.15, -0.1) is 0 Å². The molecule has 0 bridgehead atoms. The molecule has 0 aromatic carbocycles. The van der Waals surface area contributed by atoms with Crippen LogP contribution in [0.1, 0.15) is 6.92 Å². The Labute approximate surface area is 90.0 Å². The predicted molar refractivity (Wildman–Crippen MR) is 56.4 cm³/mol. The van der Waals surface area contributed by atoms with Gasteiger partial charge in [0.05, 0.1) is 0 Å². The molecule has 1 heterocycles. The van der Waals surface area contributed by atoms with Crippen LogP contribution in [0.4, 0.5) is 0 Å². The lowest BCUT2D eigenvalue weighted by Crippen LogP contribution is -2.30. The molecule has 0 aromatic heterocycles. The zero-order chi connectivity index (χ0) is 11.1. The summed E-state index contributed by atoms with van der Waals surface area (Å²) in [6.45, 7) is 6.33. The van der Waals surface area contributed by atoms with E-state index in [4.69, 9.17) is 10.5 Å². The van der Waals surface area contributed by atoms with E-state index >= 15 is 0 Å². The van der Waals surface area contributed by atoms with Gasteiger partial charge in [-0.1, -0.05) is 6.92 Å². The number of likely N-dealkylation sites (N-methyl/N-ethyl adjacent to an activating group) is 1. The molecular weight excluding hydrogens is 190 g/mol. The molecule has 2 N–H and O–H groups in total. The molecule has 80 valence electrons. The fourth-order valence-corrected chi connectivity index (χ4v) is 1.52. The highest BCUT2D eigenvalue weighted by molar-refractivity contribution is 5.39. The summed E-state index contributed by atoms with van der Waals surface area (Å²) < 4.78 is 0. The first-order valence-electron chi connectivity index (χ1n) is 5.07. The van der Waals surface area contributed by atoms with Crippen LogP contribution in [-0.2, 0) is 0 Å². The maximum atomic E-state index is 8.76. The molecule has 0 aliphatic carbocycles. The summed E-state index contributed by atoms with van der Waals surface area (Å²) in [5.41, 5.74) is 0.170. The number of rotatable bonds is 4. The van der Waals surface area contributed by atoms with Crippen molar-refractivity contribution in [3.8, 4) is 12.1 Å². The van der Waals surface area contributed by atoms with Gasteiger partial charge in [-0.25, -0.2) is 0 Å². The van der Waals surface area contributed by atoms with E-state index < -0.39 is 0 Å². The molecule has 0 atom stereocenters. The van der Waals surface area contributed by atoms with Crippen LogP contribution >= 0.6 is 0 Å². The van der Waals surface area contributed by atoms with Crippen molar-refractivity contribution in [1.82, 2.24) is 15.5 Å². The van der Waals surface area contributed by atoms with Crippen LogP contribution in [0.5, 0.6) is 0 Å². The molecule has 15 heavy (non-hydrogen) atoms. The van der Waals surface area contributed by atoms with E-state index in [1.165, 1.54) is 0 Å². The number of hydrogen-bond donors (Lipinski definition) is 2. The molecule has 0 aromatic rings. The largest absolute Gasteiger partial charge is 0.368 e. The normalized spacial score (nSPS) is 14.3. The Morgan fingerprint density at radius 2 is 2.27 bits per heavy atom. The summed E-state index contributed by atoms with van der Waals surface area (Å²) in [5.74, 6) is 0.679. The highest BCUT2D eigenvalue weighted by Gasteiger charge is 2.19. The molecule has 5 heteroatoms. The van der Waals surface area contributed by atoms with Crippen LogP contribution in [0.25, 0.3) is 0 Å². The average Bonchev–Trinajstić information content (AvgIpc) is 2.69. The van der Waals surface area contributed by atoms with Gasteiger partial charge in [0.15, 0.2) is 5.57 Å². The standard InChI is InChI=1S/C10H15N5/c1-2-13-3-5-15-6-4-14-10(15)9(7-11)8-12/h13-14H,2-6H2,1H3. The first-order chi connectivity index (χ1) is 7.33. The van der Waals surface area contributed by atoms with Gasteiger partial charge in [0.25, 0.3) is 0 Å². The lowest BCUT2D eigenvalue weighted by atomic mass is 10.3. The Hall–Kier alpha value is -1.72. The van der Waals surface area contributed by atoms with Crippen LogP contribution < -0.4 is 10.6 Å².